The van der Waals surface area contributed by atoms with Crippen LogP contribution in [0.1, 0.15) is 54.0 Å². The number of carbonyl (C=O) groups excluding carboxylic acids is 2. The van der Waals surface area contributed by atoms with Gasteiger partial charge in [0.05, 0.1) is 26.7 Å². The predicted octanol–water partition coefficient (Wildman–Crippen LogP) is 4.55. The fourth-order valence-electron chi connectivity index (χ4n) is 4.76. The second-order valence-electron chi connectivity index (χ2n) is 9.74. The van der Waals surface area contributed by atoms with Gasteiger partial charge in [-0.1, -0.05) is 17.4 Å². The number of thiazole rings is 1. The largest absolute Gasteiger partial charge is 0.331 e. The molecule has 0 spiro atoms. The number of sulfone groups is 1. The Kier molecular flexibility index (Phi) is 6.20. The molecule has 0 radical (unpaired) electrons. The van der Waals surface area contributed by atoms with E-state index in [1.165, 1.54) is 18.3 Å². The van der Waals surface area contributed by atoms with Crippen molar-refractivity contribution in [2.75, 3.05) is 11.6 Å². The van der Waals surface area contributed by atoms with E-state index in [2.05, 4.69) is 15.3 Å². The number of anilines is 2. The van der Waals surface area contributed by atoms with Crippen LogP contribution in [0, 0.1) is 12.8 Å². The Morgan fingerprint density at radius 3 is 2.67 bits per heavy atom. The fourth-order valence-corrected chi connectivity index (χ4v) is 6.65. The normalized spacial score (nSPS) is 16.2. The summed E-state index contributed by atoms with van der Waals surface area (Å²) in [7, 11) is -3.63. The smallest absolute Gasteiger partial charge is 0.256 e. The highest BCUT2D eigenvalue weighted by Gasteiger charge is 2.41. The molecule has 1 aliphatic carbocycles. The van der Waals surface area contributed by atoms with E-state index in [0.717, 1.165) is 40.8 Å². The van der Waals surface area contributed by atoms with Gasteiger partial charge in [0.15, 0.2) is 15.0 Å². The molecule has 3 aromatic rings. The first-order chi connectivity index (χ1) is 17.0. The van der Waals surface area contributed by atoms with E-state index in [4.69, 9.17) is 0 Å². The lowest BCUT2D eigenvalue weighted by Crippen LogP contribution is -2.35. The molecule has 2 aliphatic rings. The summed E-state index contributed by atoms with van der Waals surface area (Å²) in [6.07, 6.45) is 3.62. The number of nitrogens with zero attached hydrogens (tertiary/aromatic N) is 3. The molecule has 3 heterocycles. The number of Topliss-reactive ketones (excluding diaryl/α,β-unsaturated/α-hetero) is 1. The van der Waals surface area contributed by atoms with Crippen molar-refractivity contribution in [3.63, 3.8) is 0 Å². The van der Waals surface area contributed by atoms with E-state index in [1.54, 1.807) is 18.2 Å². The Balaban J connectivity index is 1.49. The highest BCUT2D eigenvalue weighted by Crippen LogP contribution is 2.42. The highest BCUT2D eigenvalue weighted by molar-refractivity contribution is 7.90. The minimum absolute atomic E-state index is 0.0360. The van der Waals surface area contributed by atoms with Gasteiger partial charge in [-0.05, 0) is 74.9 Å². The molecule has 1 aromatic carbocycles. The van der Waals surface area contributed by atoms with Gasteiger partial charge in [-0.3, -0.25) is 9.59 Å². The number of fused-ring (bicyclic) bond motifs is 1. The number of benzene rings is 1. The molecule has 1 fully saturated rings. The van der Waals surface area contributed by atoms with Crippen molar-refractivity contribution < 1.29 is 18.0 Å². The molecule has 1 saturated carbocycles. The third-order valence-corrected chi connectivity index (χ3v) is 8.97. The SMILES string of the molecule is CC(=O)Cc1cccc(Nc2nc(C)c(-c3cc4c(c(S(C)(=O)=O)c3)C(=O)N([C@@H](C)C3CC3)C4)s2)n1. The van der Waals surface area contributed by atoms with E-state index in [9.17, 15) is 18.0 Å². The Hall–Kier alpha value is -3.11. The molecule has 0 unspecified atom stereocenters. The molecule has 188 valence electrons. The van der Waals surface area contributed by atoms with Gasteiger partial charge in [0.1, 0.15) is 11.6 Å². The molecule has 1 N–H and O–H groups in total. The Morgan fingerprint density at radius 1 is 1.25 bits per heavy atom. The first-order valence-electron chi connectivity index (χ1n) is 11.9. The van der Waals surface area contributed by atoms with Crippen LogP contribution in [0.4, 0.5) is 10.9 Å². The average molecular weight is 525 g/mol. The predicted molar refractivity (Wildman–Crippen MR) is 139 cm³/mol. The number of aryl methyl sites for hydroxylation is 1. The third-order valence-electron chi connectivity index (χ3n) is 6.73. The lowest BCUT2D eigenvalue weighted by molar-refractivity contribution is -0.116. The molecule has 8 nitrogen and oxygen atoms in total. The topological polar surface area (TPSA) is 109 Å². The van der Waals surface area contributed by atoms with E-state index in [1.807, 2.05) is 30.9 Å². The maximum Gasteiger partial charge on any atom is 0.256 e. The summed E-state index contributed by atoms with van der Waals surface area (Å²) in [4.78, 5) is 36.5. The van der Waals surface area contributed by atoms with Crippen molar-refractivity contribution in [3.8, 4) is 10.4 Å². The number of rotatable bonds is 8. The van der Waals surface area contributed by atoms with Crippen LogP contribution in [-0.4, -0.2) is 47.3 Å². The van der Waals surface area contributed by atoms with Crippen molar-refractivity contribution in [1.29, 1.82) is 0 Å². The van der Waals surface area contributed by atoms with Crippen molar-refractivity contribution >= 4 is 43.8 Å². The summed E-state index contributed by atoms with van der Waals surface area (Å²) >= 11 is 1.39. The first kappa shape index (κ1) is 24.6. The molecule has 2 aromatic heterocycles. The van der Waals surface area contributed by atoms with Gasteiger partial charge in [0, 0.05) is 25.3 Å². The molecule has 1 atom stereocenters. The van der Waals surface area contributed by atoms with Gasteiger partial charge in [-0.2, -0.15) is 0 Å². The van der Waals surface area contributed by atoms with Crippen LogP contribution in [0.15, 0.2) is 35.2 Å². The third kappa shape index (κ3) is 4.79. The van der Waals surface area contributed by atoms with E-state index in [0.29, 0.717) is 34.7 Å². The molecular formula is C26H28N4O4S2. The van der Waals surface area contributed by atoms with Gasteiger partial charge in [0.2, 0.25) is 0 Å². The Bertz CT molecular complexity index is 1490. The second-order valence-corrected chi connectivity index (χ2v) is 12.7. The summed E-state index contributed by atoms with van der Waals surface area (Å²) < 4.78 is 25.5. The standard InChI is InChI=1S/C26H28N4O4S2/c1-14(31)10-20-6-5-7-22(28-20)29-26-27-15(2)24(35-26)18-11-19-13-30(16(3)17-8-9-17)25(32)23(19)21(12-18)36(4,33)34/h5-7,11-12,16-17H,8-10,13H2,1-4H3,(H,27,28,29)/t16-/m0/s1. The number of carbonyl (C=O) groups is 2. The number of pyridine rings is 1. The van der Waals surface area contributed by atoms with Gasteiger partial charge < -0.3 is 10.2 Å². The highest BCUT2D eigenvalue weighted by atomic mass is 32.2. The van der Waals surface area contributed by atoms with Gasteiger partial charge in [-0.25, -0.2) is 18.4 Å². The monoisotopic (exact) mass is 524 g/mol. The molecule has 10 heteroatoms. The van der Waals surface area contributed by atoms with Crippen molar-refractivity contribution in [2.45, 2.75) is 57.5 Å². The summed E-state index contributed by atoms with van der Waals surface area (Å²) in [5.41, 5.74) is 3.19. The Morgan fingerprint density at radius 2 is 2.00 bits per heavy atom. The van der Waals surface area contributed by atoms with Crippen LogP contribution in [0.5, 0.6) is 0 Å². The van der Waals surface area contributed by atoms with E-state index >= 15 is 0 Å². The molecule has 1 amide bonds. The van der Waals surface area contributed by atoms with Crippen LogP contribution in [0.25, 0.3) is 10.4 Å². The van der Waals surface area contributed by atoms with Crippen LogP contribution in [-0.2, 0) is 27.6 Å². The van der Waals surface area contributed by atoms with Crippen molar-refractivity contribution in [2.24, 2.45) is 5.92 Å². The number of hydrogen-bond donors (Lipinski definition) is 1. The zero-order valence-electron chi connectivity index (χ0n) is 20.7. The summed E-state index contributed by atoms with van der Waals surface area (Å²) in [6, 6.07) is 9.06. The molecule has 1 aliphatic heterocycles. The van der Waals surface area contributed by atoms with E-state index < -0.39 is 9.84 Å². The molecular weight excluding hydrogens is 496 g/mol. The van der Waals surface area contributed by atoms with E-state index in [-0.39, 0.29) is 29.0 Å². The fraction of sp³-hybridized carbons (Fsp3) is 0.385. The zero-order valence-corrected chi connectivity index (χ0v) is 22.3. The van der Waals surface area contributed by atoms with Crippen LogP contribution in [0.3, 0.4) is 0 Å². The lowest BCUT2D eigenvalue weighted by Gasteiger charge is -2.24. The maximum absolute atomic E-state index is 13.3. The van der Waals surface area contributed by atoms with Crippen molar-refractivity contribution in [3.05, 3.63) is 52.8 Å². The van der Waals surface area contributed by atoms with Gasteiger partial charge in [-0.15, -0.1) is 0 Å². The molecule has 0 bridgehead atoms. The number of nitrogens with one attached hydrogen (secondary N) is 1. The molecule has 0 saturated heterocycles. The first-order valence-corrected chi connectivity index (χ1v) is 14.6. The number of hydrogen-bond acceptors (Lipinski definition) is 8. The second kappa shape index (κ2) is 9.08. The number of aromatic nitrogens is 2. The van der Waals surface area contributed by atoms with Crippen molar-refractivity contribution in [1.82, 2.24) is 14.9 Å². The quantitative estimate of drug-likeness (QED) is 0.460. The minimum atomic E-state index is -3.63. The summed E-state index contributed by atoms with van der Waals surface area (Å²) in [5.74, 6) is 0.907. The number of ketones is 1. The zero-order chi connectivity index (χ0) is 25.8. The van der Waals surface area contributed by atoms with Gasteiger partial charge in [0.25, 0.3) is 5.91 Å². The van der Waals surface area contributed by atoms with Crippen LogP contribution >= 0.6 is 11.3 Å². The average Bonchev–Trinajstić information content (AvgIpc) is 3.51. The van der Waals surface area contributed by atoms with Crippen LogP contribution in [0.2, 0.25) is 0 Å². The molecule has 5 rings (SSSR count). The summed E-state index contributed by atoms with van der Waals surface area (Å²) in [6.45, 7) is 5.86. The molecule has 36 heavy (non-hydrogen) atoms. The Labute approximate surface area is 214 Å². The van der Waals surface area contributed by atoms with Crippen LogP contribution < -0.4 is 5.32 Å². The lowest BCUT2D eigenvalue weighted by atomic mass is 10.0. The number of amides is 1. The minimum Gasteiger partial charge on any atom is -0.331 e. The maximum atomic E-state index is 13.3. The summed E-state index contributed by atoms with van der Waals surface area (Å²) in [5, 5.41) is 3.81. The van der Waals surface area contributed by atoms with Gasteiger partial charge >= 0.3 is 0 Å².